The van der Waals surface area contributed by atoms with E-state index < -0.39 is 11.2 Å². The Kier molecular flexibility index (Phi) is 7.00. The average molecular weight is 349 g/mol. The first-order chi connectivity index (χ1) is 11.1. The first-order valence-electron chi connectivity index (χ1n) is 7.81. The molecule has 2 aromatic rings. The quantitative estimate of drug-likeness (QED) is 0.642. The maximum Gasteiger partial charge on any atom is 0.317 e. The molecule has 0 amide bonds. The van der Waals surface area contributed by atoms with Gasteiger partial charge in [-0.1, -0.05) is 49.2 Å². The number of halogens is 1. The van der Waals surface area contributed by atoms with Crippen molar-refractivity contribution in [2.75, 3.05) is 0 Å². The maximum absolute atomic E-state index is 11.5. The van der Waals surface area contributed by atoms with E-state index in [2.05, 4.69) is 19.1 Å². The number of aliphatic carboxylic acids is 1. The lowest BCUT2D eigenvalue weighted by Gasteiger charge is -2.13. The molecule has 0 saturated carbocycles. The molecule has 0 fully saturated rings. The smallest absolute Gasteiger partial charge is 0.317 e. The first kappa shape index (κ1) is 17.9. The summed E-state index contributed by atoms with van der Waals surface area (Å²) in [5.74, 6) is -0.792. The first-order valence-corrected chi connectivity index (χ1v) is 9.07. The van der Waals surface area contributed by atoms with E-state index >= 15 is 0 Å². The van der Waals surface area contributed by atoms with Crippen LogP contribution in [0.2, 0.25) is 5.02 Å². The number of aryl methyl sites for hydroxylation is 1. The van der Waals surface area contributed by atoms with Crippen LogP contribution in [-0.4, -0.2) is 16.3 Å². The minimum Gasteiger partial charge on any atom is -0.480 e. The van der Waals surface area contributed by atoms with Crippen molar-refractivity contribution in [3.63, 3.8) is 0 Å². The number of unbranched alkanes of at least 4 members (excludes halogenated alkanes) is 1. The van der Waals surface area contributed by atoms with Gasteiger partial charge in [0.05, 0.1) is 0 Å². The molecule has 1 N–H and O–H groups in total. The fourth-order valence-corrected chi connectivity index (χ4v) is 3.42. The highest BCUT2D eigenvalue weighted by atomic mass is 35.5. The Morgan fingerprint density at radius 3 is 2.26 bits per heavy atom. The molecule has 2 aromatic carbocycles. The van der Waals surface area contributed by atoms with Crippen LogP contribution >= 0.6 is 23.4 Å². The Morgan fingerprint density at radius 2 is 1.70 bits per heavy atom. The van der Waals surface area contributed by atoms with Crippen LogP contribution < -0.4 is 0 Å². The third kappa shape index (κ3) is 5.92. The summed E-state index contributed by atoms with van der Waals surface area (Å²) in [7, 11) is 0. The molecule has 4 heteroatoms. The van der Waals surface area contributed by atoms with Gasteiger partial charge in [0.2, 0.25) is 0 Å². The normalized spacial score (nSPS) is 12.1. The molecule has 0 heterocycles. The monoisotopic (exact) mass is 348 g/mol. The van der Waals surface area contributed by atoms with Crippen LogP contribution in [0.5, 0.6) is 0 Å². The largest absolute Gasteiger partial charge is 0.480 e. The van der Waals surface area contributed by atoms with Crippen LogP contribution in [0.15, 0.2) is 53.4 Å². The van der Waals surface area contributed by atoms with E-state index in [1.165, 1.54) is 30.2 Å². The summed E-state index contributed by atoms with van der Waals surface area (Å²) in [5.41, 5.74) is 2.37. The van der Waals surface area contributed by atoms with Gasteiger partial charge in [-0.3, -0.25) is 4.79 Å². The second-order valence-electron chi connectivity index (χ2n) is 5.52. The SMILES string of the molecule is CCCCc1ccc(C[C@H](Sc2ccc(Cl)cc2)C(=O)O)cc1. The molecule has 0 aromatic heterocycles. The van der Waals surface area contributed by atoms with E-state index in [9.17, 15) is 9.90 Å². The second kappa shape index (κ2) is 8.99. The molecule has 0 aliphatic rings. The van der Waals surface area contributed by atoms with E-state index in [1.54, 1.807) is 12.1 Å². The van der Waals surface area contributed by atoms with Crippen LogP contribution in [0.25, 0.3) is 0 Å². The summed E-state index contributed by atoms with van der Waals surface area (Å²) in [6, 6.07) is 15.6. The molecule has 0 saturated heterocycles. The zero-order valence-electron chi connectivity index (χ0n) is 13.2. The molecule has 23 heavy (non-hydrogen) atoms. The van der Waals surface area contributed by atoms with Crippen LogP contribution in [0, 0.1) is 0 Å². The van der Waals surface area contributed by atoms with Gasteiger partial charge >= 0.3 is 5.97 Å². The van der Waals surface area contributed by atoms with E-state index in [1.807, 2.05) is 24.3 Å². The number of carbonyl (C=O) groups is 1. The Morgan fingerprint density at radius 1 is 1.09 bits per heavy atom. The van der Waals surface area contributed by atoms with E-state index in [0.717, 1.165) is 16.9 Å². The standard InChI is InChI=1S/C19H21ClO2S/c1-2-3-4-14-5-7-15(8-6-14)13-18(19(21)22)23-17-11-9-16(20)10-12-17/h5-12,18H,2-4,13H2,1H3,(H,21,22)/t18-/m0/s1. The molecule has 0 aliphatic heterocycles. The van der Waals surface area contributed by atoms with Gasteiger partial charge in [0, 0.05) is 9.92 Å². The Hall–Kier alpha value is -1.45. The van der Waals surface area contributed by atoms with Crippen molar-refractivity contribution in [2.45, 2.75) is 42.8 Å². The lowest BCUT2D eigenvalue weighted by atomic mass is 10.0. The van der Waals surface area contributed by atoms with Gasteiger partial charge in [0.15, 0.2) is 0 Å². The minimum absolute atomic E-state index is 0.502. The molecule has 0 unspecified atom stereocenters. The summed E-state index contributed by atoms with van der Waals surface area (Å²) < 4.78 is 0. The van der Waals surface area contributed by atoms with Crippen molar-refractivity contribution < 1.29 is 9.90 Å². The summed E-state index contributed by atoms with van der Waals surface area (Å²) in [6.45, 7) is 2.18. The van der Waals surface area contributed by atoms with Crippen molar-refractivity contribution in [1.29, 1.82) is 0 Å². The highest BCUT2D eigenvalue weighted by molar-refractivity contribution is 8.00. The second-order valence-corrected chi connectivity index (χ2v) is 7.24. The molecular weight excluding hydrogens is 328 g/mol. The number of carboxylic acids is 1. The number of rotatable bonds is 8. The number of hydrogen-bond donors (Lipinski definition) is 1. The van der Waals surface area contributed by atoms with Crippen molar-refractivity contribution in [2.24, 2.45) is 0 Å². The Balaban J connectivity index is 2.01. The predicted molar refractivity (Wildman–Crippen MR) is 97.5 cm³/mol. The minimum atomic E-state index is -0.792. The van der Waals surface area contributed by atoms with Crippen LogP contribution in [0.4, 0.5) is 0 Å². The molecular formula is C19H21ClO2S. The molecule has 0 bridgehead atoms. The molecule has 1 atom stereocenters. The third-order valence-corrected chi connectivity index (χ3v) is 5.08. The molecule has 122 valence electrons. The Labute approximate surface area is 146 Å². The van der Waals surface area contributed by atoms with Gasteiger partial charge in [0.25, 0.3) is 0 Å². The van der Waals surface area contributed by atoms with Gasteiger partial charge < -0.3 is 5.11 Å². The third-order valence-electron chi connectivity index (χ3n) is 3.63. The maximum atomic E-state index is 11.5. The molecule has 0 aliphatic carbocycles. The Bertz CT molecular complexity index is 623. The summed E-state index contributed by atoms with van der Waals surface area (Å²) in [5, 5.41) is 9.63. The lowest BCUT2D eigenvalue weighted by molar-refractivity contribution is -0.136. The molecule has 0 radical (unpaired) electrons. The fourth-order valence-electron chi connectivity index (χ4n) is 2.29. The zero-order chi connectivity index (χ0) is 16.7. The number of carboxylic acid groups (broad SMARTS) is 1. The van der Waals surface area contributed by atoms with Crippen molar-refractivity contribution in [3.05, 3.63) is 64.7 Å². The van der Waals surface area contributed by atoms with Crippen molar-refractivity contribution in [1.82, 2.24) is 0 Å². The van der Waals surface area contributed by atoms with E-state index in [-0.39, 0.29) is 0 Å². The van der Waals surface area contributed by atoms with E-state index in [4.69, 9.17) is 11.6 Å². The fraction of sp³-hybridized carbons (Fsp3) is 0.316. The zero-order valence-corrected chi connectivity index (χ0v) is 14.7. The topological polar surface area (TPSA) is 37.3 Å². The van der Waals surface area contributed by atoms with Crippen molar-refractivity contribution in [3.8, 4) is 0 Å². The predicted octanol–water partition coefficient (Wildman–Crippen LogP) is 5.47. The summed E-state index contributed by atoms with van der Waals surface area (Å²) in [6.07, 6.45) is 3.96. The highest BCUT2D eigenvalue weighted by Crippen LogP contribution is 2.27. The average Bonchev–Trinajstić information content (AvgIpc) is 2.55. The number of thioether (sulfide) groups is 1. The van der Waals surface area contributed by atoms with Gasteiger partial charge in [0.1, 0.15) is 5.25 Å². The lowest BCUT2D eigenvalue weighted by Crippen LogP contribution is -2.19. The van der Waals surface area contributed by atoms with Crippen LogP contribution in [-0.2, 0) is 17.6 Å². The number of benzene rings is 2. The molecule has 2 nitrogen and oxygen atoms in total. The van der Waals surface area contributed by atoms with Crippen LogP contribution in [0.1, 0.15) is 30.9 Å². The van der Waals surface area contributed by atoms with Gasteiger partial charge in [-0.25, -0.2) is 0 Å². The highest BCUT2D eigenvalue weighted by Gasteiger charge is 2.19. The molecule has 0 spiro atoms. The van der Waals surface area contributed by atoms with Crippen LogP contribution in [0.3, 0.4) is 0 Å². The van der Waals surface area contributed by atoms with E-state index in [0.29, 0.717) is 11.4 Å². The number of hydrogen-bond acceptors (Lipinski definition) is 2. The van der Waals surface area contributed by atoms with Gasteiger partial charge in [-0.15, -0.1) is 11.8 Å². The van der Waals surface area contributed by atoms with Gasteiger partial charge in [-0.2, -0.15) is 0 Å². The summed E-state index contributed by atoms with van der Waals surface area (Å²) >= 11 is 7.23. The molecule has 2 rings (SSSR count). The van der Waals surface area contributed by atoms with Gasteiger partial charge in [-0.05, 0) is 54.7 Å². The van der Waals surface area contributed by atoms with Crippen molar-refractivity contribution >= 4 is 29.3 Å². The summed E-state index contributed by atoms with van der Waals surface area (Å²) in [4.78, 5) is 12.5.